The minimum atomic E-state index is -0.175. The standard InChI is InChI=1S/C16H28N4O3/c1-13(21)19-9-11-20(12-10-19)15(22)7-8-17-16(23)18-14-5-3-2-4-6-14/h14H,2-12H2,1H3,(H2,17,18,23). The topological polar surface area (TPSA) is 81.8 Å². The van der Waals surface area contributed by atoms with Gasteiger partial charge in [-0.2, -0.15) is 0 Å². The summed E-state index contributed by atoms with van der Waals surface area (Å²) < 4.78 is 0. The number of hydrogen-bond donors (Lipinski definition) is 2. The maximum absolute atomic E-state index is 12.1. The largest absolute Gasteiger partial charge is 0.339 e. The van der Waals surface area contributed by atoms with Crippen LogP contribution in [0.4, 0.5) is 4.79 Å². The summed E-state index contributed by atoms with van der Waals surface area (Å²) in [4.78, 5) is 38.7. The minimum absolute atomic E-state index is 0.0335. The highest BCUT2D eigenvalue weighted by atomic mass is 16.2. The molecule has 0 spiro atoms. The van der Waals surface area contributed by atoms with Gasteiger partial charge in [-0.1, -0.05) is 19.3 Å². The highest BCUT2D eigenvalue weighted by Crippen LogP contribution is 2.17. The molecule has 2 aliphatic rings. The smallest absolute Gasteiger partial charge is 0.315 e. The Morgan fingerprint density at radius 3 is 2.17 bits per heavy atom. The monoisotopic (exact) mass is 324 g/mol. The molecule has 0 aromatic carbocycles. The average Bonchev–Trinajstić information content (AvgIpc) is 2.55. The molecule has 1 saturated carbocycles. The van der Waals surface area contributed by atoms with Crippen LogP contribution in [0.5, 0.6) is 0 Å². The van der Waals surface area contributed by atoms with Crippen LogP contribution in [0.1, 0.15) is 45.4 Å². The maximum atomic E-state index is 12.1. The van der Waals surface area contributed by atoms with E-state index in [1.807, 2.05) is 0 Å². The van der Waals surface area contributed by atoms with Crippen LogP contribution in [0.2, 0.25) is 0 Å². The van der Waals surface area contributed by atoms with Crippen molar-refractivity contribution >= 4 is 17.8 Å². The van der Waals surface area contributed by atoms with E-state index in [9.17, 15) is 14.4 Å². The van der Waals surface area contributed by atoms with Crippen molar-refractivity contribution in [2.75, 3.05) is 32.7 Å². The number of nitrogens with zero attached hydrogens (tertiary/aromatic N) is 2. The first kappa shape index (κ1) is 17.6. The lowest BCUT2D eigenvalue weighted by molar-refractivity contribution is -0.138. The summed E-state index contributed by atoms with van der Waals surface area (Å²) >= 11 is 0. The van der Waals surface area contributed by atoms with Crippen molar-refractivity contribution in [2.24, 2.45) is 0 Å². The van der Waals surface area contributed by atoms with Gasteiger partial charge in [0.05, 0.1) is 0 Å². The predicted octanol–water partition coefficient (Wildman–Crippen LogP) is 0.699. The van der Waals surface area contributed by atoms with Gasteiger partial charge in [-0.25, -0.2) is 4.79 Å². The van der Waals surface area contributed by atoms with Gasteiger partial charge in [-0.05, 0) is 12.8 Å². The molecule has 0 radical (unpaired) electrons. The second-order valence-corrected chi connectivity index (χ2v) is 6.37. The third-order valence-electron chi connectivity index (χ3n) is 4.64. The fourth-order valence-corrected chi connectivity index (χ4v) is 3.20. The summed E-state index contributed by atoms with van der Waals surface area (Å²) in [7, 11) is 0. The summed E-state index contributed by atoms with van der Waals surface area (Å²) in [5.41, 5.74) is 0. The van der Waals surface area contributed by atoms with Crippen molar-refractivity contribution in [3.05, 3.63) is 0 Å². The molecule has 2 rings (SSSR count). The number of hydrogen-bond acceptors (Lipinski definition) is 3. The van der Waals surface area contributed by atoms with Gasteiger partial charge >= 0.3 is 6.03 Å². The number of urea groups is 1. The van der Waals surface area contributed by atoms with E-state index < -0.39 is 0 Å². The Morgan fingerprint density at radius 1 is 0.957 bits per heavy atom. The normalized spacial score (nSPS) is 19.3. The van der Waals surface area contributed by atoms with E-state index in [0.717, 1.165) is 12.8 Å². The van der Waals surface area contributed by atoms with Crippen molar-refractivity contribution < 1.29 is 14.4 Å². The molecular weight excluding hydrogens is 296 g/mol. The molecule has 4 amide bonds. The van der Waals surface area contributed by atoms with E-state index in [4.69, 9.17) is 0 Å². The Hall–Kier alpha value is -1.79. The average molecular weight is 324 g/mol. The fraction of sp³-hybridized carbons (Fsp3) is 0.812. The molecule has 1 saturated heterocycles. The molecule has 7 heteroatoms. The Balaban J connectivity index is 1.59. The predicted molar refractivity (Wildman–Crippen MR) is 86.9 cm³/mol. The summed E-state index contributed by atoms with van der Waals surface area (Å²) in [5.74, 6) is 0.0873. The minimum Gasteiger partial charge on any atom is -0.339 e. The van der Waals surface area contributed by atoms with Gasteiger partial charge in [0.25, 0.3) is 0 Å². The van der Waals surface area contributed by atoms with Gasteiger partial charge in [-0.15, -0.1) is 0 Å². The highest BCUT2D eigenvalue weighted by molar-refractivity contribution is 5.79. The zero-order chi connectivity index (χ0) is 16.7. The zero-order valence-electron chi connectivity index (χ0n) is 14.0. The van der Waals surface area contributed by atoms with Crippen molar-refractivity contribution in [2.45, 2.75) is 51.5 Å². The lowest BCUT2D eigenvalue weighted by Crippen LogP contribution is -2.50. The van der Waals surface area contributed by atoms with Crippen LogP contribution in [-0.4, -0.2) is 66.4 Å². The molecule has 1 heterocycles. The Labute approximate surface area is 137 Å². The molecule has 0 aromatic rings. The van der Waals surface area contributed by atoms with Crippen LogP contribution in [0.3, 0.4) is 0 Å². The maximum Gasteiger partial charge on any atom is 0.315 e. The van der Waals surface area contributed by atoms with Crippen LogP contribution in [-0.2, 0) is 9.59 Å². The first-order valence-electron chi connectivity index (χ1n) is 8.64. The number of carbonyl (C=O) groups excluding carboxylic acids is 3. The summed E-state index contributed by atoms with van der Waals surface area (Å²) in [6, 6.07) is 0.102. The zero-order valence-corrected chi connectivity index (χ0v) is 14.0. The van der Waals surface area contributed by atoms with Gasteiger partial charge in [-0.3, -0.25) is 9.59 Å². The number of rotatable bonds is 4. The van der Waals surface area contributed by atoms with E-state index in [0.29, 0.717) is 39.1 Å². The molecule has 0 unspecified atom stereocenters. The lowest BCUT2D eigenvalue weighted by atomic mass is 9.96. The van der Waals surface area contributed by atoms with Gasteiger partial charge < -0.3 is 20.4 Å². The van der Waals surface area contributed by atoms with E-state index >= 15 is 0 Å². The Morgan fingerprint density at radius 2 is 1.57 bits per heavy atom. The van der Waals surface area contributed by atoms with Crippen molar-refractivity contribution in [3.63, 3.8) is 0 Å². The lowest BCUT2D eigenvalue weighted by Gasteiger charge is -2.34. The van der Waals surface area contributed by atoms with Gasteiger partial charge in [0, 0.05) is 52.1 Å². The van der Waals surface area contributed by atoms with Gasteiger partial charge in [0.15, 0.2) is 0 Å². The van der Waals surface area contributed by atoms with E-state index in [1.165, 1.54) is 19.3 Å². The van der Waals surface area contributed by atoms with Crippen LogP contribution < -0.4 is 10.6 Å². The molecule has 2 N–H and O–H groups in total. The van der Waals surface area contributed by atoms with Crippen LogP contribution in [0.15, 0.2) is 0 Å². The number of amides is 4. The third-order valence-corrected chi connectivity index (χ3v) is 4.64. The van der Waals surface area contributed by atoms with Crippen LogP contribution in [0.25, 0.3) is 0 Å². The molecule has 1 aliphatic heterocycles. The Kier molecular flexibility index (Phi) is 6.67. The van der Waals surface area contributed by atoms with E-state index in [-0.39, 0.29) is 23.9 Å². The van der Waals surface area contributed by atoms with Crippen molar-refractivity contribution in [1.82, 2.24) is 20.4 Å². The van der Waals surface area contributed by atoms with E-state index in [1.54, 1.807) is 16.7 Å². The second-order valence-electron chi connectivity index (χ2n) is 6.37. The van der Waals surface area contributed by atoms with Gasteiger partial charge in [0.1, 0.15) is 0 Å². The van der Waals surface area contributed by atoms with Gasteiger partial charge in [0.2, 0.25) is 11.8 Å². The molecule has 0 aromatic heterocycles. The second kappa shape index (κ2) is 8.74. The summed E-state index contributed by atoms with van der Waals surface area (Å²) in [5, 5.41) is 5.74. The molecular formula is C16H28N4O3. The molecule has 130 valence electrons. The third kappa shape index (κ3) is 5.73. The van der Waals surface area contributed by atoms with Crippen LogP contribution >= 0.6 is 0 Å². The number of nitrogens with one attached hydrogen (secondary N) is 2. The quantitative estimate of drug-likeness (QED) is 0.798. The molecule has 1 aliphatic carbocycles. The Bertz CT molecular complexity index is 427. The first-order valence-corrected chi connectivity index (χ1v) is 8.64. The first-order chi connectivity index (χ1) is 11.1. The molecule has 2 fully saturated rings. The molecule has 0 bridgehead atoms. The SMILES string of the molecule is CC(=O)N1CCN(C(=O)CCNC(=O)NC2CCCCC2)CC1. The molecule has 7 nitrogen and oxygen atoms in total. The van der Waals surface area contributed by atoms with Crippen LogP contribution in [0, 0.1) is 0 Å². The number of piperazine rings is 1. The number of carbonyl (C=O) groups is 3. The summed E-state index contributed by atoms with van der Waals surface area (Å²) in [6.45, 7) is 4.24. The fourth-order valence-electron chi connectivity index (χ4n) is 3.20. The summed E-state index contributed by atoms with van der Waals surface area (Å²) in [6.07, 6.45) is 6.01. The van der Waals surface area contributed by atoms with Crippen molar-refractivity contribution in [3.8, 4) is 0 Å². The van der Waals surface area contributed by atoms with E-state index in [2.05, 4.69) is 10.6 Å². The molecule has 23 heavy (non-hydrogen) atoms. The molecule has 0 atom stereocenters. The highest BCUT2D eigenvalue weighted by Gasteiger charge is 2.22. The van der Waals surface area contributed by atoms with Crippen molar-refractivity contribution in [1.29, 1.82) is 0 Å².